The summed E-state index contributed by atoms with van der Waals surface area (Å²) in [4.78, 5) is 15.7. The van der Waals surface area contributed by atoms with Crippen LogP contribution in [0.1, 0.15) is 18.3 Å². The first-order chi connectivity index (χ1) is 9.58. The van der Waals surface area contributed by atoms with Crippen LogP contribution in [0.3, 0.4) is 0 Å². The van der Waals surface area contributed by atoms with Crippen LogP contribution in [0.25, 0.3) is 6.08 Å². The maximum atomic E-state index is 11.3. The van der Waals surface area contributed by atoms with Crippen molar-refractivity contribution in [3.63, 3.8) is 0 Å². The van der Waals surface area contributed by atoms with Gasteiger partial charge in [0.2, 0.25) is 5.16 Å². The normalized spacial score (nSPS) is 11.6. The molecular formula is C13H12IN3O2S. The summed E-state index contributed by atoms with van der Waals surface area (Å²) in [5.41, 5.74) is 0.835. The molecule has 2 aromatic rings. The molecule has 0 radical (unpaired) electrons. The molecule has 1 aromatic carbocycles. The molecule has 0 spiro atoms. The quantitative estimate of drug-likeness (QED) is 0.457. The molecule has 0 saturated heterocycles. The Morgan fingerprint density at radius 3 is 2.70 bits per heavy atom. The molecule has 0 bridgehead atoms. The minimum Gasteiger partial charge on any atom is -0.477 e. The second kappa shape index (κ2) is 6.89. The predicted molar refractivity (Wildman–Crippen MR) is 86.4 cm³/mol. The minimum atomic E-state index is -0.989. The molecule has 5 nitrogen and oxygen atoms in total. The van der Waals surface area contributed by atoms with Gasteiger partial charge in [-0.05, 0) is 58.1 Å². The van der Waals surface area contributed by atoms with Crippen LogP contribution in [0.4, 0.5) is 0 Å². The molecule has 0 amide bonds. The maximum absolute atomic E-state index is 11.3. The lowest BCUT2D eigenvalue weighted by molar-refractivity contribution is -0.131. The lowest BCUT2D eigenvalue weighted by Crippen LogP contribution is -1.97. The third-order valence-electron chi connectivity index (χ3n) is 2.43. The molecule has 2 N–H and O–H groups in total. The lowest BCUT2D eigenvalue weighted by atomic mass is 10.2. The van der Waals surface area contributed by atoms with Crippen molar-refractivity contribution < 1.29 is 9.90 Å². The topological polar surface area (TPSA) is 78.9 Å². The highest BCUT2D eigenvalue weighted by Crippen LogP contribution is 2.25. The number of benzene rings is 1. The largest absolute Gasteiger partial charge is 0.477 e. The number of hydrogen-bond acceptors (Lipinski definition) is 4. The molecule has 7 heteroatoms. The van der Waals surface area contributed by atoms with Gasteiger partial charge in [-0.3, -0.25) is 5.10 Å². The van der Waals surface area contributed by atoms with Gasteiger partial charge in [0.15, 0.2) is 0 Å². The standard InChI is InChI=1S/C13H12IN3O2S/c1-2-11-15-13(17-16-11)20-10(12(18)19)7-8-3-5-9(14)6-4-8/h3-7H,2H2,1H3,(H,18,19)(H,15,16,17)/b10-7-. The van der Waals surface area contributed by atoms with E-state index in [2.05, 4.69) is 37.8 Å². The number of aromatic amines is 1. The van der Waals surface area contributed by atoms with Gasteiger partial charge in [0.05, 0.1) is 0 Å². The molecule has 1 aromatic heterocycles. The van der Waals surface area contributed by atoms with Crippen LogP contribution in [0.2, 0.25) is 0 Å². The van der Waals surface area contributed by atoms with E-state index in [1.165, 1.54) is 0 Å². The second-order valence-electron chi connectivity index (χ2n) is 3.89. The minimum absolute atomic E-state index is 0.188. The summed E-state index contributed by atoms with van der Waals surface area (Å²) in [6.45, 7) is 1.95. The third-order valence-corrected chi connectivity index (χ3v) is 4.02. The summed E-state index contributed by atoms with van der Waals surface area (Å²) in [7, 11) is 0. The second-order valence-corrected chi connectivity index (χ2v) is 6.14. The van der Waals surface area contributed by atoms with E-state index in [1.807, 2.05) is 31.2 Å². The van der Waals surface area contributed by atoms with Gasteiger partial charge >= 0.3 is 5.97 Å². The van der Waals surface area contributed by atoms with Gasteiger partial charge in [0.25, 0.3) is 0 Å². The number of thioether (sulfide) groups is 1. The number of halogens is 1. The monoisotopic (exact) mass is 401 g/mol. The summed E-state index contributed by atoms with van der Waals surface area (Å²) in [6, 6.07) is 7.61. The number of aromatic nitrogens is 3. The molecular weight excluding hydrogens is 389 g/mol. The van der Waals surface area contributed by atoms with Gasteiger partial charge in [-0.2, -0.15) is 0 Å². The van der Waals surface area contributed by atoms with Crippen LogP contribution in [-0.2, 0) is 11.2 Å². The molecule has 0 saturated carbocycles. The molecule has 0 atom stereocenters. The van der Waals surface area contributed by atoms with Crippen molar-refractivity contribution in [3.8, 4) is 0 Å². The first kappa shape index (κ1) is 15.0. The molecule has 0 aliphatic rings. The average Bonchev–Trinajstić information content (AvgIpc) is 2.88. The zero-order chi connectivity index (χ0) is 14.5. The first-order valence-electron chi connectivity index (χ1n) is 5.88. The van der Waals surface area contributed by atoms with Crippen molar-refractivity contribution in [1.82, 2.24) is 15.2 Å². The molecule has 2 rings (SSSR count). The molecule has 104 valence electrons. The van der Waals surface area contributed by atoms with Gasteiger partial charge in [0.1, 0.15) is 10.7 Å². The van der Waals surface area contributed by atoms with Crippen molar-refractivity contribution in [2.45, 2.75) is 18.5 Å². The van der Waals surface area contributed by atoms with Crippen LogP contribution in [-0.4, -0.2) is 26.3 Å². The van der Waals surface area contributed by atoms with Gasteiger partial charge in [-0.15, -0.1) is 5.10 Å². The number of aryl methyl sites for hydroxylation is 1. The van der Waals surface area contributed by atoms with Gasteiger partial charge < -0.3 is 5.11 Å². The van der Waals surface area contributed by atoms with Gasteiger partial charge in [-0.25, -0.2) is 9.78 Å². The number of carboxylic acid groups (broad SMARTS) is 1. The van der Waals surface area contributed by atoms with E-state index in [9.17, 15) is 9.90 Å². The number of rotatable bonds is 5. The number of nitrogens with one attached hydrogen (secondary N) is 1. The number of carboxylic acids is 1. The fraction of sp³-hybridized carbons (Fsp3) is 0.154. The van der Waals surface area contributed by atoms with E-state index in [0.29, 0.717) is 5.16 Å². The Labute approximate surface area is 134 Å². The van der Waals surface area contributed by atoms with Crippen LogP contribution in [0.5, 0.6) is 0 Å². The highest BCUT2D eigenvalue weighted by atomic mass is 127. The van der Waals surface area contributed by atoms with Crippen LogP contribution >= 0.6 is 34.4 Å². The van der Waals surface area contributed by atoms with Crippen molar-refractivity contribution in [1.29, 1.82) is 0 Å². The van der Waals surface area contributed by atoms with Crippen LogP contribution in [0.15, 0.2) is 34.3 Å². The Hall–Kier alpha value is -1.35. The summed E-state index contributed by atoms with van der Waals surface area (Å²) in [5, 5.41) is 16.4. The number of aliphatic carboxylic acids is 1. The Morgan fingerprint density at radius 1 is 1.45 bits per heavy atom. The number of hydrogen-bond donors (Lipinski definition) is 2. The number of nitrogens with zero attached hydrogens (tertiary/aromatic N) is 2. The number of H-pyrrole nitrogens is 1. The highest BCUT2D eigenvalue weighted by molar-refractivity contribution is 14.1. The van der Waals surface area contributed by atoms with Gasteiger partial charge in [-0.1, -0.05) is 19.1 Å². The molecule has 20 heavy (non-hydrogen) atoms. The average molecular weight is 401 g/mol. The summed E-state index contributed by atoms with van der Waals surface area (Å²) in [6.07, 6.45) is 2.35. The Morgan fingerprint density at radius 2 is 2.15 bits per heavy atom. The Balaban J connectivity index is 2.22. The zero-order valence-electron chi connectivity index (χ0n) is 10.6. The molecule has 0 fully saturated rings. The zero-order valence-corrected chi connectivity index (χ0v) is 13.6. The van der Waals surface area contributed by atoms with Crippen molar-refractivity contribution in [3.05, 3.63) is 44.1 Å². The third kappa shape index (κ3) is 4.07. The predicted octanol–water partition coefficient (Wildman–Crippen LogP) is 3.19. The fourth-order valence-corrected chi connectivity index (χ4v) is 2.51. The van der Waals surface area contributed by atoms with E-state index in [-0.39, 0.29) is 4.91 Å². The van der Waals surface area contributed by atoms with E-state index in [4.69, 9.17) is 0 Å². The van der Waals surface area contributed by atoms with Crippen molar-refractivity contribution in [2.75, 3.05) is 0 Å². The van der Waals surface area contributed by atoms with E-state index >= 15 is 0 Å². The van der Waals surface area contributed by atoms with E-state index in [1.54, 1.807) is 6.08 Å². The van der Waals surface area contributed by atoms with E-state index in [0.717, 1.165) is 33.1 Å². The Kier molecular flexibility index (Phi) is 5.18. The molecule has 0 aliphatic carbocycles. The Bertz CT molecular complexity index is 637. The summed E-state index contributed by atoms with van der Waals surface area (Å²) >= 11 is 3.24. The lowest BCUT2D eigenvalue weighted by Gasteiger charge is -1.99. The summed E-state index contributed by atoms with van der Waals surface area (Å²) < 4.78 is 1.10. The molecule has 0 aliphatic heterocycles. The molecule has 0 unspecified atom stereocenters. The fourth-order valence-electron chi connectivity index (χ4n) is 1.43. The summed E-state index contributed by atoms with van der Waals surface area (Å²) in [5.74, 6) is -0.247. The first-order valence-corrected chi connectivity index (χ1v) is 7.77. The highest BCUT2D eigenvalue weighted by Gasteiger charge is 2.13. The SMILES string of the molecule is CCc1nc(S/C(=C\c2ccc(I)cc2)C(=O)O)n[nH]1. The van der Waals surface area contributed by atoms with Crippen molar-refractivity contribution >= 4 is 46.4 Å². The smallest absolute Gasteiger partial charge is 0.342 e. The van der Waals surface area contributed by atoms with Crippen LogP contribution < -0.4 is 0 Å². The molecule has 1 heterocycles. The van der Waals surface area contributed by atoms with E-state index < -0.39 is 5.97 Å². The number of carbonyl (C=O) groups is 1. The van der Waals surface area contributed by atoms with Crippen molar-refractivity contribution in [2.24, 2.45) is 0 Å². The maximum Gasteiger partial charge on any atom is 0.342 e. The van der Waals surface area contributed by atoms with Crippen LogP contribution in [0, 0.1) is 3.57 Å². The van der Waals surface area contributed by atoms with Gasteiger partial charge in [0, 0.05) is 9.99 Å².